The molecule has 0 unspecified atom stereocenters. The Morgan fingerprint density at radius 1 is 1.07 bits per heavy atom. The van der Waals surface area contributed by atoms with E-state index < -0.39 is 11.8 Å². The van der Waals surface area contributed by atoms with E-state index in [2.05, 4.69) is 23.8 Å². The molecule has 0 radical (unpaired) electrons. The summed E-state index contributed by atoms with van der Waals surface area (Å²) in [5.74, 6) is 0.0271. The van der Waals surface area contributed by atoms with E-state index in [0.29, 0.717) is 11.4 Å². The van der Waals surface area contributed by atoms with Crippen molar-refractivity contribution in [1.29, 1.82) is 0 Å². The third kappa shape index (κ3) is 6.10. The summed E-state index contributed by atoms with van der Waals surface area (Å²) >= 11 is 0. The molecule has 0 spiro atoms. The number of nitrogens with zero attached hydrogens (tertiary/aromatic N) is 2. The average molecular weight is 413 g/mol. The Hall–Kier alpha value is -2.30. The molecule has 0 bridgehead atoms. The monoisotopic (exact) mass is 412 g/mol. The van der Waals surface area contributed by atoms with Crippen LogP contribution in [0.25, 0.3) is 11.4 Å². The summed E-state index contributed by atoms with van der Waals surface area (Å²) in [6, 6.07) is 4.49. The molecule has 0 amide bonds. The molecule has 30 heavy (non-hydrogen) atoms. The van der Waals surface area contributed by atoms with Crippen LogP contribution < -0.4 is 0 Å². The van der Waals surface area contributed by atoms with Gasteiger partial charge in [0.15, 0.2) is 5.82 Å². The number of unbranched alkanes of at least 4 members (excludes halogenated alkanes) is 2. The molecule has 1 aliphatic rings. The van der Waals surface area contributed by atoms with Gasteiger partial charge in [-0.15, -0.1) is 0 Å². The molecule has 1 heterocycles. The lowest BCUT2D eigenvalue weighted by atomic mass is 9.85. The summed E-state index contributed by atoms with van der Waals surface area (Å²) in [6.45, 7) is 4.37. The molecule has 3 rings (SSSR count). The van der Waals surface area contributed by atoms with Crippen molar-refractivity contribution in [2.45, 2.75) is 84.2 Å². The predicted molar refractivity (Wildman–Crippen MR) is 117 cm³/mol. The van der Waals surface area contributed by atoms with Gasteiger partial charge in [-0.1, -0.05) is 45.6 Å². The SMILES string of the molecule is CCCCCc1cnc(-c2ccc(C(=O)O[C@H]3CC[C@H](CCC)CC3)c(F)c2)nc1. The van der Waals surface area contributed by atoms with Crippen LogP contribution in [0.15, 0.2) is 30.6 Å². The molecular weight excluding hydrogens is 379 g/mol. The first-order valence-electron chi connectivity index (χ1n) is 11.4. The van der Waals surface area contributed by atoms with E-state index in [4.69, 9.17) is 4.74 Å². The van der Waals surface area contributed by atoms with Crippen molar-refractivity contribution in [1.82, 2.24) is 9.97 Å². The van der Waals surface area contributed by atoms with Crippen LogP contribution in [0.5, 0.6) is 0 Å². The minimum atomic E-state index is -0.590. The van der Waals surface area contributed by atoms with Crippen LogP contribution in [0.4, 0.5) is 4.39 Å². The zero-order valence-corrected chi connectivity index (χ0v) is 18.2. The second-order valence-corrected chi connectivity index (χ2v) is 8.40. The summed E-state index contributed by atoms with van der Waals surface area (Å²) in [7, 11) is 0. The van der Waals surface area contributed by atoms with Crippen molar-refractivity contribution in [2.75, 3.05) is 0 Å². The number of carbonyl (C=O) groups excluding carboxylic acids is 1. The second kappa shape index (κ2) is 11.2. The number of aromatic nitrogens is 2. The number of hydrogen-bond donors (Lipinski definition) is 0. The van der Waals surface area contributed by atoms with Gasteiger partial charge >= 0.3 is 5.97 Å². The Labute approximate surface area is 179 Å². The third-order valence-corrected chi connectivity index (χ3v) is 5.99. The van der Waals surface area contributed by atoms with Crippen LogP contribution in [0.2, 0.25) is 0 Å². The number of halogens is 1. The van der Waals surface area contributed by atoms with Crippen molar-refractivity contribution in [2.24, 2.45) is 5.92 Å². The molecule has 1 fully saturated rings. The van der Waals surface area contributed by atoms with Gasteiger partial charge in [0, 0.05) is 18.0 Å². The third-order valence-electron chi connectivity index (χ3n) is 5.99. The largest absolute Gasteiger partial charge is 0.459 e. The van der Waals surface area contributed by atoms with Gasteiger partial charge in [-0.2, -0.15) is 0 Å². The normalized spacial score (nSPS) is 18.9. The molecule has 0 N–H and O–H groups in total. The molecule has 0 saturated heterocycles. The standard InChI is InChI=1S/C25H33FN2O2/c1-3-5-6-8-19-16-27-24(28-17-19)20-11-14-22(23(26)15-20)25(29)30-21-12-9-18(7-4-2)10-13-21/h11,14-18,21H,3-10,12-13H2,1-2H3/t18-,21-. The summed E-state index contributed by atoms with van der Waals surface area (Å²) < 4.78 is 20.2. The molecule has 162 valence electrons. The highest BCUT2D eigenvalue weighted by Crippen LogP contribution is 2.30. The first kappa shape index (κ1) is 22.4. The molecule has 1 aromatic heterocycles. The zero-order valence-electron chi connectivity index (χ0n) is 18.2. The molecule has 1 saturated carbocycles. The molecule has 2 aromatic rings. The quantitative estimate of drug-likeness (QED) is 0.347. The predicted octanol–water partition coefficient (Wildman–Crippen LogP) is 6.53. The van der Waals surface area contributed by atoms with Crippen molar-refractivity contribution in [3.8, 4) is 11.4 Å². The van der Waals surface area contributed by atoms with Gasteiger partial charge in [-0.05, 0) is 62.1 Å². The van der Waals surface area contributed by atoms with Crippen LogP contribution in [0.3, 0.4) is 0 Å². The lowest BCUT2D eigenvalue weighted by Crippen LogP contribution is -2.25. The van der Waals surface area contributed by atoms with Gasteiger partial charge in [-0.3, -0.25) is 0 Å². The van der Waals surface area contributed by atoms with Gasteiger partial charge in [0.1, 0.15) is 11.9 Å². The molecular formula is C25H33FN2O2. The van der Waals surface area contributed by atoms with E-state index in [-0.39, 0.29) is 11.7 Å². The Kier molecular flexibility index (Phi) is 8.35. The Balaban J connectivity index is 1.59. The summed E-state index contributed by atoms with van der Waals surface area (Å²) in [4.78, 5) is 21.2. The van der Waals surface area contributed by atoms with Crippen LogP contribution in [0, 0.1) is 11.7 Å². The highest BCUT2D eigenvalue weighted by atomic mass is 19.1. The topological polar surface area (TPSA) is 52.1 Å². The fraction of sp³-hybridized carbons (Fsp3) is 0.560. The summed E-state index contributed by atoms with van der Waals surface area (Å²) in [5, 5.41) is 0. The smallest absolute Gasteiger partial charge is 0.341 e. The van der Waals surface area contributed by atoms with E-state index in [1.54, 1.807) is 18.5 Å². The number of hydrogen-bond acceptors (Lipinski definition) is 4. The minimum absolute atomic E-state index is 0.0226. The van der Waals surface area contributed by atoms with Crippen LogP contribution in [0.1, 0.15) is 87.6 Å². The van der Waals surface area contributed by atoms with Crippen LogP contribution >= 0.6 is 0 Å². The van der Waals surface area contributed by atoms with E-state index in [1.165, 1.54) is 37.8 Å². The first-order chi connectivity index (χ1) is 14.6. The van der Waals surface area contributed by atoms with Crippen molar-refractivity contribution < 1.29 is 13.9 Å². The number of ether oxygens (including phenoxy) is 1. The van der Waals surface area contributed by atoms with Crippen molar-refractivity contribution in [3.63, 3.8) is 0 Å². The van der Waals surface area contributed by atoms with E-state index in [0.717, 1.165) is 50.0 Å². The number of rotatable bonds is 9. The molecule has 1 aromatic carbocycles. The van der Waals surface area contributed by atoms with E-state index in [9.17, 15) is 9.18 Å². The van der Waals surface area contributed by atoms with Crippen molar-refractivity contribution in [3.05, 3.63) is 47.5 Å². The Bertz CT molecular complexity index is 814. The minimum Gasteiger partial charge on any atom is -0.459 e. The Morgan fingerprint density at radius 3 is 2.43 bits per heavy atom. The van der Waals surface area contributed by atoms with Gasteiger partial charge < -0.3 is 4.74 Å². The fourth-order valence-corrected chi connectivity index (χ4v) is 4.19. The molecule has 4 nitrogen and oxygen atoms in total. The number of esters is 1. The molecule has 5 heteroatoms. The van der Waals surface area contributed by atoms with E-state index >= 15 is 0 Å². The number of carbonyl (C=O) groups is 1. The van der Waals surface area contributed by atoms with Crippen LogP contribution in [-0.2, 0) is 11.2 Å². The average Bonchev–Trinajstić information content (AvgIpc) is 2.76. The Morgan fingerprint density at radius 2 is 1.80 bits per heavy atom. The van der Waals surface area contributed by atoms with Gasteiger partial charge in [-0.25, -0.2) is 19.2 Å². The highest BCUT2D eigenvalue weighted by molar-refractivity contribution is 5.90. The zero-order chi connectivity index (χ0) is 21.3. The summed E-state index contributed by atoms with van der Waals surface area (Å²) in [5.41, 5.74) is 1.62. The van der Waals surface area contributed by atoms with Gasteiger partial charge in [0.25, 0.3) is 0 Å². The summed E-state index contributed by atoms with van der Waals surface area (Å²) in [6.07, 6.45) is 14.3. The van der Waals surface area contributed by atoms with E-state index in [1.807, 2.05) is 0 Å². The molecule has 0 aliphatic heterocycles. The highest BCUT2D eigenvalue weighted by Gasteiger charge is 2.25. The maximum atomic E-state index is 14.6. The lowest BCUT2D eigenvalue weighted by Gasteiger charge is -2.28. The maximum Gasteiger partial charge on any atom is 0.341 e. The fourth-order valence-electron chi connectivity index (χ4n) is 4.19. The maximum absolute atomic E-state index is 14.6. The van der Waals surface area contributed by atoms with Gasteiger partial charge in [0.2, 0.25) is 0 Å². The van der Waals surface area contributed by atoms with Crippen molar-refractivity contribution >= 4 is 5.97 Å². The number of benzene rings is 1. The van der Waals surface area contributed by atoms with Gasteiger partial charge in [0.05, 0.1) is 5.56 Å². The second-order valence-electron chi connectivity index (χ2n) is 8.40. The lowest BCUT2D eigenvalue weighted by molar-refractivity contribution is 0.0157. The first-order valence-corrected chi connectivity index (χ1v) is 11.4. The molecule has 0 atom stereocenters. The van der Waals surface area contributed by atoms with Crippen LogP contribution in [-0.4, -0.2) is 22.0 Å². The molecule has 1 aliphatic carbocycles. The number of aryl methyl sites for hydroxylation is 1.